The minimum atomic E-state index is -0.201. The van der Waals surface area contributed by atoms with E-state index >= 15 is 0 Å². The van der Waals surface area contributed by atoms with Gasteiger partial charge in [-0.25, -0.2) is 4.98 Å². The molecule has 2 aromatic rings. The third-order valence-corrected chi connectivity index (χ3v) is 2.29. The van der Waals surface area contributed by atoms with E-state index in [0.29, 0.717) is 18.1 Å². The summed E-state index contributed by atoms with van der Waals surface area (Å²) < 4.78 is 5.05. The van der Waals surface area contributed by atoms with Gasteiger partial charge in [0.1, 0.15) is 0 Å². The Hall–Kier alpha value is -2.14. The Morgan fingerprint density at radius 3 is 3.00 bits per heavy atom. The maximum absolute atomic E-state index is 12.0. The normalized spacial score (nSPS) is 10.2. The number of nitrogens with one attached hydrogen (secondary N) is 2. The number of rotatable bonds is 4. The number of H-pyrrole nitrogens is 1. The highest BCUT2D eigenvalue weighted by Gasteiger charge is 2.11. The van der Waals surface area contributed by atoms with Gasteiger partial charge in [0.25, 0.3) is 5.91 Å². The zero-order valence-electron chi connectivity index (χ0n) is 9.43. The van der Waals surface area contributed by atoms with Gasteiger partial charge in [0, 0.05) is 25.1 Å². The second-order valence-electron chi connectivity index (χ2n) is 3.48. The Bertz CT molecular complexity index is 494. The monoisotopic (exact) mass is 231 g/mol. The number of hydrogen-bond donors (Lipinski definition) is 2. The third kappa shape index (κ3) is 2.70. The van der Waals surface area contributed by atoms with E-state index in [-0.39, 0.29) is 5.91 Å². The van der Waals surface area contributed by atoms with E-state index < -0.39 is 0 Å². The van der Waals surface area contributed by atoms with Gasteiger partial charge in [-0.1, -0.05) is 18.2 Å². The van der Waals surface area contributed by atoms with Crippen LogP contribution in [0.2, 0.25) is 0 Å². The van der Waals surface area contributed by atoms with Crippen LogP contribution in [0.4, 0.5) is 5.95 Å². The minimum absolute atomic E-state index is 0.201. The Balaban J connectivity index is 2.18. The van der Waals surface area contributed by atoms with E-state index in [1.54, 1.807) is 25.6 Å². The maximum Gasteiger partial charge on any atom is 0.258 e. The first kappa shape index (κ1) is 11.3. The standard InChI is InChI=1S/C12H13N3O2/c1-17-8-9-4-2-3-5-10(9)11(16)15-12-13-6-7-14-12/h2-7H,8H2,1H3,(H2,13,14,15,16). The quantitative estimate of drug-likeness (QED) is 0.843. The van der Waals surface area contributed by atoms with Crippen molar-refractivity contribution < 1.29 is 9.53 Å². The van der Waals surface area contributed by atoms with Gasteiger partial charge in [-0.3, -0.25) is 10.1 Å². The molecule has 0 saturated heterocycles. The van der Waals surface area contributed by atoms with Crippen LogP contribution in [0.1, 0.15) is 15.9 Å². The number of carbonyl (C=O) groups is 1. The zero-order valence-corrected chi connectivity index (χ0v) is 9.43. The van der Waals surface area contributed by atoms with Crippen molar-refractivity contribution in [1.82, 2.24) is 9.97 Å². The molecule has 0 atom stereocenters. The summed E-state index contributed by atoms with van der Waals surface area (Å²) in [5.74, 6) is 0.231. The number of ether oxygens (including phenoxy) is 1. The van der Waals surface area contributed by atoms with E-state index in [1.807, 2.05) is 18.2 Å². The molecule has 1 aromatic heterocycles. The second kappa shape index (κ2) is 5.27. The summed E-state index contributed by atoms with van der Waals surface area (Å²) in [6.07, 6.45) is 3.23. The molecule has 0 bridgehead atoms. The summed E-state index contributed by atoms with van der Waals surface area (Å²) in [6, 6.07) is 7.31. The fourth-order valence-electron chi connectivity index (χ4n) is 1.53. The molecule has 0 unspecified atom stereocenters. The Morgan fingerprint density at radius 2 is 2.29 bits per heavy atom. The lowest BCUT2D eigenvalue weighted by atomic mass is 10.1. The predicted molar refractivity (Wildman–Crippen MR) is 63.7 cm³/mol. The molecule has 88 valence electrons. The number of benzene rings is 1. The van der Waals surface area contributed by atoms with Gasteiger partial charge < -0.3 is 9.72 Å². The molecular formula is C12H13N3O2. The highest BCUT2D eigenvalue weighted by atomic mass is 16.5. The van der Waals surface area contributed by atoms with Crippen molar-refractivity contribution in [3.05, 3.63) is 47.8 Å². The van der Waals surface area contributed by atoms with Crippen LogP contribution >= 0.6 is 0 Å². The summed E-state index contributed by atoms with van der Waals surface area (Å²) in [7, 11) is 1.60. The second-order valence-corrected chi connectivity index (χ2v) is 3.48. The van der Waals surface area contributed by atoms with Crippen molar-refractivity contribution in [1.29, 1.82) is 0 Å². The summed E-state index contributed by atoms with van der Waals surface area (Å²) in [5, 5.41) is 2.68. The summed E-state index contributed by atoms with van der Waals surface area (Å²) in [6.45, 7) is 0.405. The number of methoxy groups -OCH3 is 1. The van der Waals surface area contributed by atoms with Crippen LogP contribution in [0.15, 0.2) is 36.7 Å². The molecule has 0 aliphatic carbocycles. The summed E-state index contributed by atoms with van der Waals surface area (Å²) in [5.41, 5.74) is 1.44. The first-order valence-corrected chi connectivity index (χ1v) is 5.19. The number of nitrogens with zero attached hydrogens (tertiary/aromatic N) is 1. The van der Waals surface area contributed by atoms with Crippen molar-refractivity contribution in [3.63, 3.8) is 0 Å². The predicted octanol–water partition coefficient (Wildman–Crippen LogP) is 1.81. The first-order chi connectivity index (χ1) is 8.31. The molecule has 2 rings (SSSR count). The molecule has 1 heterocycles. The SMILES string of the molecule is COCc1ccccc1C(=O)Nc1ncc[nH]1. The average Bonchev–Trinajstić information content (AvgIpc) is 2.83. The Morgan fingerprint density at radius 1 is 1.47 bits per heavy atom. The van der Waals surface area contributed by atoms with Crippen molar-refractivity contribution in [2.45, 2.75) is 6.61 Å². The largest absolute Gasteiger partial charge is 0.380 e. The van der Waals surface area contributed by atoms with Gasteiger partial charge in [-0.2, -0.15) is 0 Å². The van der Waals surface area contributed by atoms with E-state index in [9.17, 15) is 4.79 Å². The molecular weight excluding hydrogens is 218 g/mol. The van der Waals surface area contributed by atoms with Crippen molar-refractivity contribution in [2.24, 2.45) is 0 Å². The van der Waals surface area contributed by atoms with Crippen LogP contribution < -0.4 is 5.32 Å². The lowest BCUT2D eigenvalue weighted by Crippen LogP contribution is -2.15. The molecule has 0 aliphatic rings. The lowest BCUT2D eigenvalue weighted by molar-refractivity contribution is 0.102. The van der Waals surface area contributed by atoms with Crippen LogP contribution in [0.25, 0.3) is 0 Å². The Kier molecular flexibility index (Phi) is 3.52. The number of imidazole rings is 1. The Labute approximate surface area is 98.8 Å². The number of anilines is 1. The molecule has 5 heteroatoms. The molecule has 0 fully saturated rings. The van der Waals surface area contributed by atoms with Crippen molar-refractivity contribution in [3.8, 4) is 0 Å². The van der Waals surface area contributed by atoms with Gasteiger partial charge >= 0.3 is 0 Å². The van der Waals surface area contributed by atoms with Crippen LogP contribution in [-0.4, -0.2) is 23.0 Å². The smallest absolute Gasteiger partial charge is 0.258 e. The molecule has 0 radical (unpaired) electrons. The lowest BCUT2D eigenvalue weighted by Gasteiger charge is -2.07. The van der Waals surface area contributed by atoms with Gasteiger partial charge in [0.15, 0.2) is 0 Å². The van der Waals surface area contributed by atoms with Gasteiger partial charge in [0.05, 0.1) is 6.61 Å². The van der Waals surface area contributed by atoms with E-state index in [2.05, 4.69) is 15.3 Å². The highest BCUT2D eigenvalue weighted by molar-refractivity contribution is 6.04. The summed E-state index contributed by atoms with van der Waals surface area (Å²) in [4.78, 5) is 18.7. The maximum atomic E-state index is 12.0. The van der Waals surface area contributed by atoms with Gasteiger partial charge in [-0.05, 0) is 11.6 Å². The fourth-order valence-corrected chi connectivity index (χ4v) is 1.53. The zero-order chi connectivity index (χ0) is 12.1. The topological polar surface area (TPSA) is 67.0 Å². The van der Waals surface area contributed by atoms with Crippen LogP contribution in [0.5, 0.6) is 0 Å². The van der Waals surface area contributed by atoms with E-state index in [0.717, 1.165) is 5.56 Å². The number of hydrogen-bond acceptors (Lipinski definition) is 3. The molecule has 1 aromatic carbocycles. The molecule has 0 saturated carbocycles. The van der Waals surface area contributed by atoms with Gasteiger partial charge in [-0.15, -0.1) is 0 Å². The molecule has 1 amide bonds. The van der Waals surface area contributed by atoms with Crippen molar-refractivity contribution in [2.75, 3.05) is 12.4 Å². The number of aromatic amines is 1. The number of carbonyl (C=O) groups excluding carboxylic acids is 1. The molecule has 17 heavy (non-hydrogen) atoms. The molecule has 0 spiro atoms. The highest BCUT2D eigenvalue weighted by Crippen LogP contribution is 2.11. The van der Waals surface area contributed by atoms with Crippen LogP contribution in [0, 0.1) is 0 Å². The molecule has 5 nitrogen and oxygen atoms in total. The minimum Gasteiger partial charge on any atom is -0.380 e. The van der Waals surface area contributed by atoms with E-state index in [4.69, 9.17) is 4.74 Å². The van der Waals surface area contributed by atoms with Crippen molar-refractivity contribution >= 4 is 11.9 Å². The third-order valence-electron chi connectivity index (χ3n) is 2.29. The average molecular weight is 231 g/mol. The van der Waals surface area contributed by atoms with E-state index in [1.165, 1.54) is 0 Å². The number of aromatic nitrogens is 2. The summed E-state index contributed by atoms with van der Waals surface area (Å²) >= 11 is 0. The van der Waals surface area contributed by atoms with Gasteiger partial charge in [0.2, 0.25) is 5.95 Å². The van der Waals surface area contributed by atoms with Crippen LogP contribution in [-0.2, 0) is 11.3 Å². The van der Waals surface area contributed by atoms with Crippen LogP contribution in [0.3, 0.4) is 0 Å². The number of amides is 1. The molecule has 2 N–H and O–H groups in total. The first-order valence-electron chi connectivity index (χ1n) is 5.19. The fraction of sp³-hybridized carbons (Fsp3) is 0.167. The molecule has 0 aliphatic heterocycles.